The summed E-state index contributed by atoms with van der Waals surface area (Å²) in [5.41, 5.74) is 1.31. The zero-order valence-electron chi connectivity index (χ0n) is 16.6. The van der Waals surface area contributed by atoms with Crippen molar-refractivity contribution in [2.45, 2.75) is 26.4 Å². The fourth-order valence-electron chi connectivity index (χ4n) is 2.77. The second-order valence-electron chi connectivity index (χ2n) is 6.75. The number of rotatable bonds is 8. The number of methoxy groups -OCH3 is 1. The first-order valence-corrected chi connectivity index (χ1v) is 9.23. The molecule has 0 atom stereocenters. The summed E-state index contributed by atoms with van der Waals surface area (Å²) >= 11 is 0. The largest absolute Gasteiger partial charge is 0.493 e. The quantitative estimate of drug-likeness (QED) is 0.706. The molecule has 0 radical (unpaired) electrons. The van der Waals surface area contributed by atoms with Gasteiger partial charge in [-0.25, -0.2) is 0 Å². The van der Waals surface area contributed by atoms with Gasteiger partial charge in [-0.1, -0.05) is 6.07 Å². The van der Waals surface area contributed by atoms with Crippen molar-refractivity contribution in [1.29, 1.82) is 0 Å². The summed E-state index contributed by atoms with van der Waals surface area (Å²) in [6.07, 6.45) is 0. The average molecular weight is 400 g/mol. The van der Waals surface area contributed by atoms with E-state index in [4.69, 9.17) is 18.9 Å². The second-order valence-corrected chi connectivity index (χ2v) is 6.75. The number of carbonyl (C=O) groups excluding carboxylic acids is 2. The number of ether oxygens (including phenoxy) is 4. The topological polar surface area (TPSA) is 95.1 Å². The van der Waals surface area contributed by atoms with Gasteiger partial charge < -0.3 is 29.6 Å². The maximum atomic E-state index is 12.5. The van der Waals surface area contributed by atoms with Crippen LogP contribution >= 0.6 is 0 Å². The molecule has 2 N–H and O–H groups in total. The van der Waals surface area contributed by atoms with Gasteiger partial charge in [-0.05, 0) is 49.7 Å². The fraction of sp³-hybridized carbons (Fsp3) is 0.333. The maximum Gasteiger partial charge on any atom is 0.258 e. The molecule has 1 heterocycles. The number of carbonyl (C=O) groups is 2. The lowest BCUT2D eigenvalue weighted by molar-refractivity contribution is -0.123. The lowest BCUT2D eigenvalue weighted by atomic mass is 10.1. The van der Waals surface area contributed by atoms with E-state index in [0.717, 1.165) is 5.56 Å². The summed E-state index contributed by atoms with van der Waals surface area (Å²) in [6.45, 7) is 4.15. The van der Waals surface area contributed by atoms with Crippen molar-refractivity contribution in [2.75, 3.05) is 20.5 Å². The molecule has 0 aliphatic carbocycles. The van der Waals surface area contributed by atoms with E-state index in [1.807, 2.05) is 32.0 Å². The lowest BCUT2D eigenvalue weighted by Gasteiger charge is -2.13. The summed E-state index contributed by atoms with van der Waals surface area (Å²) in [5, 5.41) is 5.60. The minimum Gasteiger partial charge on any atom is -0.493 e. The van der Waals surface area contributed by atoms with E-state index in [1.54, 1.807) is 18.2 Å². The Balaban J connectivity index is 1.59. The first kappa shape index (κ1) is 20.3. The molecule has 8 nitrogen and oxygen atoms in total. The van der Waals surface area contributed by atoms with E-state index in [9.17, 15) is 9.59 Å². The highest BCUT2D eigenvalue weighted by atomic mass is 16.7. The number of hydrogen-bond acceptors (Lipinski definition) is 6. The molecule has 0 fully saturated rings. The number of amides is 2. The molecule has 154 valence electrons. The molecule has 0 bridgehead atoms. The average Bonchev–Trinajstić information content (AvgIpc) is 3.17. The van der Waals surface area contributed by atoms with Crippen molar-refractivity contribution in [3.63, 3.8) is 0 Å². The van der Waals surface area contributed by atoms with Crippen LogP contribution in [0.25, 0.3) is 0 Å². The normalized spacial score (nSPS) is 11.9. The minimum absolute atomic E-state index is 0.0313. The standard InChI is InChI=1S/C21H24N2O6/c1-13(2)23-20(24)11-27-16-7-5-15(9-18(16)26-3)21(25)22-10-14-4-6-17-19(8-14)29-12-28-17/h4-9,13H,10-12H2,1-3H3,(H,22,25)(H,23,24). The number of hydrogen-bond donors (Lipinski definition) is 2. The highest BCUT2D eigenvalue weighted by Crippen LogP contribution is 2.32. The van der Waals surface area contributed by atoms with Gasteiger partial charge in [-0.15, -0.1) is 0 Å². The van der Waals surface area contributed by atoms with Gasteiger partial charge in [0.15, 0.2) is 29.6 Å². The van der Waals surface area contributed by atoms with Gasteiger partial charge >= 0.3 is 0 Å². The van der Waals surface area contributed by atoms with Crippen molar-refractivity contribution in [3.05, 3.63) is 47.5 Å². The molecule has 8 heteroatoms. The molecular weight excluding hydrogens is 376 g/mol. The fourth-order valence-corrected chi connectivity index (χ4v) is 2.77. The van der Waals surface area contributed by atoms with Crippen LogP contribution in [-0.4, -0.2) is 38.4 Å². The molecule has 29 heavy (non-hydrogen) atoms. The molecule has 1 aliphatic heterocycles. The third-order valence-electron chi connectivity index (χ3n) is 4.12. The van der Waals surface area contributed by atoms with Crippen molar-refractivity contribution in [2.24, 2.45) is 0 Å². The summed E-state index contributed by atoms with van der Waals surface area (Å²) in [4.78, 5) is 24.2. The van der Waals surface area contributed by atoms with E-state index in [0.29, 0.717) is 35.1 Å². The summed E-state index contributed by atoms with van der Waals surface area (Å²) in [6, 6.07) is 10.3. The Morgan fingerprint density at radius 3 is 2.62 bits per heavy atom. The molecule has 2 aromatic carbocycles. The van der Waals surface area contributed by atoms with Crippen LogP contribution in [0, 0.1) is 0 Å². The maximum absolute atomic E-state index is 12.5. The van der Waals surface area contributed by atoms with Crippen LogP contribution in [0.15, 0.2) is 36.4 Å². The number of nitrogens with one attached hydrogen (secondary N) is 2. The van der Waals surface area contributed by atoms with Crippen LogP contribution in [0.2, 0.25) is 0 Å². The van der Waals surface area contributed by atoms with Crippen LogP contribution in [0.4, 0.5) is 0 Å². The van der Waals surface area contributed by atoms with Gasteiger partial charge in [0, 0.05) is 18.2 Å². The molecule has 0 saturated heterocycles. The molecule has 0 saturated carbocycles. The van der Waals surface area contributed by atoms with Crippen LogP contribution in [0.5, 0.6) is 23.0 Å². The molecule has 2 amide bonds. The van der Waals surface area contributed by atoms with E-state index in [-0.39, 0.29) is 31.3 Å². The Hall–Kier alpha value is -3.42. The Kier molecular flexibility index (Phi) is 6.43. The van der Waals surface area contributed by atoms with E-state index < -0.39 is 0 Å². The summed E-state index contributed by atoms with van der Waals surface area (Å²) in [5.74, 6) is 1.64. The minimum atomic E-state index is -0.259. The van der Waals surface area contributed by atoms with Gasteiger partial charge in [-0.3, -0.25) is 9.59 Å². The highest BCUT2D eigenvalue weighted by Gasteiger charge is 2.15. The Morgan fingerprint density at radius 1 is 1.07 bits per heavy atom. The first-order chi connectivity index (χ1) is 14.0. The van der Waals surface area contributed by atoms with Crippen LogP contribution in [0.3, 0.4) is 0 Å². The van der Waals surface area contributed by atoms with Crippen LogP contribution < -0.4 is 29.6 Å². The Bertz CT molecular complexity index is 897. The van der Waals surface area contributed by atoms with Gasteiger partial charge in [-0.2, -0.15) is 0 Å². The van der Waals surface area contributed by atoms with Gasteiger partial charge in [0.1, 0.15) is 0 Å². The van der Waals surface area contributed by atoms with E-state index in [2.05, 4.69) is 10.6 Å². The molecular formula is C21H24N2O6. The molecule has 1 aliphatic rings. The van der Waals surface area contributed by atoms with Gasteiger partial charge in [0.2, 0.25) is 6.79 Å². The smallest absolute Gasteiger partial charge is 0.258 e. The van der Waals surface area contributed by atoms with Crippen LogP contribution in [0.1, 0.15) is 29.8 Å². The van der Waals surface area contributed by atoms with Gasteiger partial charge in [0.05, 0.1) is 7.11 Å². The Morgan fingerprint density at radius 2 is 1.86 bits per heavy atom. The van der Waals surface area contributed by atoms with Crippen LogP contribution in [-0.2, 0) is 11.3 Å². The van der Waals surface area contributed by atoms with Crippen molar-refractivity contribution in [3.8, 4) is 23.0 Å². The molecule has 0 spiro atoms. The van der Waals surface area contributed by atoms with Crippen molar-refractivity contribution < 1.29 is 28.5 Å². The predicted octanol–water partition coefficient (Wildman–Crippen LogP) is 2.26. The van der Waals surface area contributed by atoms with Gasteiger partial charge in [0.25, 0.3) is 11.8 Å². The third kappa shape index (κ3) is 5.31. The zero-order chi connectivity index (χ0) is 20.8. The third-order valence-corrected chi connectivity index (χ3v) is 4.12. The molecule has 3 rings (SSSR count). The zero-order valence-corrected chi connectivity index (χ0v) is 16.6. The lowest BCUT2D eigenvalue weighted by Crippen LogP contribution is -2.34. The van der Waals surface area contributed by atoms with Crippen molar-refractivity contribution >= 4 is 11.8 Å². The van der Waals surface area contributed by atoms with E-state index in [1.165, 1.54) is 7.11 Å². The SMILES string of the molecule is COc1cc(C(=O)NCc2ccc3c(c2)OCO3)ccc1OCC(=O)NC(C)C. The molecule has 0 unspecified atom stereocenters. The van der Waals surface area contributed by atoms with Crippen molar-refractivity contribution in [1.82, 2.24) is 10.6 Å². The summed E-state index contributed by atoms with van der Waals surface area (Å²) in [7, 11) is 1.48. The number of benzene rings is 2. The van der Waals surface area contributed by atoms with E-state index >= 15 is 0 Å². The second kappa shape index (κ2) is 9.18. The monoisotopic (exact) mass is 400 g/mol. The first-order valence-electron chi connectivity index (χ1n) is 9.23. The highest BCUT2D eigenvalue weighted by molar-refractivity contribution is 5.94. The summed E-state index contributed by atoms with van der Waals surface area (Å²) < 4.78 is 21.4. The number of fused-ring (bicyclic) bond motifs is 1. The predicted molar refractivity (Wildman–Crippen MR) is 106 cm³/mol. The molecule has 2 aromatic rings. The molecule has 0 aromatic heterocycles. The Labute approximate surface area is 169 Å².